The number of ether oxygens (including phenoxy) is 1. The average molecular weight is 463 g/mol. The molecule has 31 heavy (non-hydrogen) atoms. The largest absolute Gasteiger partial charge is 0.452 e. The second kappa shape index (κ2) is 9.71. The van der Waals surface area contributed by atoms with Crippen molar-refractivity contribution in [3.63, 3.8) is 0 Å². The van der Waals surface area contributed by atoms with Gasteiger partial charge in [0.05, 0.1) is 22.7 Å². The summed E-state index contributed by atoms with van der Waals surface area (Å²) < 4.78 is 46.1. The molecule has 10 heteroatoms. The Kier molecular flexibility index (Phi) is 7.03. The highest BCUT2D eigenvalue weighted by Crippen LogP contribution is 2.23. The molecule has 1 amide bonds. The van der Waals surface area contributed by atoms with E-state index in [0.717, 1.165) is 23.1 Å². The van der Waals surface area contributed by atoms with Gasteiger partial charge < -0.3 is 10.1 Å². The normalized spacial score (nSPS) is 11.0. The highest BCUT2D eigenvalue weighted by molar-refractivity contribution is 7.92. The molecule has 2 N–H and O–H groups in total. The second-order valence-electron chi connectivity index (χ2n) is 6.49. The summed E-state index contributed by atoms with van der Waals surface area (Å²) in [6.45, 7) is 1.27. The molecular weight excluding hydrogens is 443 g/mol. The van der Waals surface area contributed by atoms with Crippen LogP contribution in [0.5, 0.6) is 0 Å². The number of sulfonamides is 1. The number of carbonyl (C=O) groups is 2. The first kappa shape index (κ1) is 22.4. The predicted molar refractivity (Wildman–Crippen MR) is 115 cm³/mol. The Labute approximate surface area is 182 Å². The zero-order valence-corrected chi connectivity index (χ0v) is 18.1. The van der Waals surface area contributed by atoms with Crippen molar-refractivity contribution in [1.82, 2.24) is 5.32 Å². The van der Waals surface area contributed by atoms with Crippen molar-refractivity contribution in [2.24, 2.45) is 0 Å². The molecule has 0 atom stereocenters. The maximum Gasteiger partial charge on any atom is 0.340 e. The van der Waals surface area contributed by atoms with Gasteiger partial charge in [0, 0.05) is 4.88 Å². The molecule has 1 aromatic heterocycles. The van der Waals surface area contributed by atoms with E-state index < -0.39 is 34.3 Å². The Morgan fingerprint density at radius 3 is 2.58 bits per heavy atom. The lowest BCUT2D eigenvalue weighted by Crippen LogP contribution is -2.28. The number of thiophene rings is 1. The molecule has 0 unspecified atom stereocenters. The standard InChI is InChI=1S/C21H19FN2O5S2/c1-14-11-15(22)8-9-19(14)31(27,28)24-18-7-3-2-6-17(18)21(26)29-13-20(25)23-12-16-5-4-10-30-16/h2-11,24H,12-13H2,1H3,(H,23,25). The molecule has 0 aliphatic heterocycles. The molecule has 0 fully saturated rings. The van der Waals surface area contributed by atoms with Crippen molar-refractivity contribution in [3.8, 4) is 0 Å². The molecule has 0 spiro atoms. The number of anilines is 1. The molecule has 3 aromatic rings. The number of benzene rings is 2. The fourth-order valence-electron chi connectivity index (χ4n) is 2.72. The summed E-state index contributed by atoms with van der Waals surface area (Å²) in [5.74, 6) is -1.90. The van der Waals surface area contributed by atoms with Crippen LogP contribution < -0.4 is 10.0 Å². The summed E-state index contributed by atoms with van der Waals surface area (Å²) in [4.78, 5) is 25.2. The number of hydrogen-bond acceptors (Lipinski definition) is 6. The first-order valence-corrected chi connectivity index (χ1v) is 11.5. The fourth-order valence-corrected chi connectivity index (χ4v) is 4.67. The lowest BCUT2D eigenvalue weighted by atomic mass is 10.2. The maximum atomic E-state index is 13.3. The molecule has 3 rings (SSSR count). The molecule has 0 saturated heterocycles. The lowest BCUT2D eigenvalue weighted by molar-refractivity contribution is -0.124. The molecule has 0 bridgehead atoms. The molecule has 0 aliphatic rings. The van der Waals surface area contributed by atoms with Gasteiger partial charge in [-0.15, -0.1) is 11.3 Å². The van der Waals surface area contributed by atoms with Gasteiger partial charge in [-0.1, -0.05) is 18.2 Å². The zero-order chi connectivity index (χ0) is 22.4. The number of hydrogen-bond donors (Lipinski definition) is 2. The minimum absolute atomic E-state index is 0.0183. The summed E-state index contributed by atoms with van der Waals surface area (Å²) >= 11 is 1.48. The topological polar surface area (TPSA) is 102 Å². The van der Waals surface area contributed by atoms with Gasteiger partial charge in [-0.05, 0) is 54.3 Å². The van der Waals surface area contributed by atoms with Gasteiger partial charge in [0.1, 0.15) is 5.82 Å². The second-order valence-corrected chi connectivity index (χ2v) is 9.18. The SMILES string of the molecule is Cc1cc(F)ccc1S(=O)(=O)Nc1ccccc1C(=O)OCC(=O)NCc1cccs1. The first-order chi connectivity index (χ1) is 14.8. The van der Waals surface area contributed by atoms with E-state index in [1.165, 1.54) is 36.5 Å². The van der Waals surface area contributed by atoms with Crippen LogP contribution in [0.4, 0.5) is 10.1 Å². The summed E-state index contributed by atoms with van der Waals surface area (Å²) in [5.41, 5.74) is 0.141. The van der Waals surface area contributed by atoms with E-state index in [1.807, 2.05) is 17.5 Å². The molecule has 0 aliphatic carbocycles. The van der Waals surface area contributed by atoms with Crippen LogP contribution in [0.15, 0.2) is 64.9 Å². The Morgan fingerprint density at radius 2 is 1.87 bits per heavy atom. The zero-order valence-electron chi connectivity index (χ0n) is 16.4. The van der Waals surface area contributed by atoms with Crippen LogP contribution >= 0.6 is 11.3 Å². The van der Waals surface area contributed by atoms with E-state index in [-0.39, 0.29) is 21.7 Å². The highest BCUT2D eigenvalue weighted by Gasteiger charge is 2.21. The van der Waals surface area contributed by atoms with Gasteiger partial charge >= 0.3 is 5.97 Å². The lowest BCUT2D eigenvalue weighted by Gasteiger charge is -2.13. The van der Waals surface area contributed by atoms with Crippen LogP contribution in [0.25, 0.3) is 0 Å². The molecule has 1 heterocycles. The molecule has 2 aromatic carbocycles. The molecule has 0 saturated carbocycles. The minimum atomic E-state index is -4.08. The first-order valence-electron chi connectivity index (χ1n) is 9.10. The Morgan fingerprint density at radius 1 is 1.10 bits per heavy atom. The van der Waals surface area contributed by atoms with E-state index in [2.05, 4.69) is 10.0 Å². The number of carbonyl (C=O) groups excluding carboxylic acids is 2. The number of aryl methyl sites for hydroxylation is 1. The van der Waals surface area contributed by atoms with Crippen molar-refractivity contribution in [2.75, 3.05) is 11.3 Å². The van der Waals surface area contributed by atoms with E-state index in [0.29, 0.717) is 6.54 Å². The van der Waals surface area contributed by atoms with Crippen molar-refractivity contribution >= 4 is 38.9 Å². The highest BCUT2D eigenvalue weighted by atomic mass is 32.2. The number of esters is 1. The Hall–Kier alpha value is -3.24. The number of nitrogens with one attached hydrogen (secondary N) is 2. The van der Waals surface area contributed by atoms with Gasteiger partial charge in [0.25, 0.3) is 15.9 Å². The van der Waals surface area contributed by atoms with E-state index >= 15 is 0 Å². The number of rotatable bonds is 8. The van der Waals surface area contributed by atoms with Crippen LogP contribution in [0.2, 0.25) is 0 Å². The summed E-state index contributed by atoms with van der Waals surface area (Å²) in [5, 5.41) is 4.51. The smallest absolute Gasteiger partial charge is 0.340 e. The van der Waals surface area contributed by atoms with E-state index in [4.69, 9.17) is 4.74 Å². The third kappa shape index (κ3) is 5.89. The monoisotopic (exact) mass is 462 g/mol. The van der Waals surface area contributed by atoms with E-state index in [1.54, 1.807) is 6.07 Å². The molecule has 162 valence electrons. The van der Waals surface area contributed by atoms with Crippen molar-refractivity contribution in [1.29, 1.82) is 0 Å². The fraction of sp³-hybridized carbons (Fsp3) is 0.143. The van der Waals surface area contributed by atoms with Gasteiger partial charge in [-0.3, -0.25) is 9.52 Å². The predicted octanol–water partition coefficient (Wildman–Crippen LogP) is 3.47. The van der Waals surface area contributed by atoms with Crippen LogP contribution in [0.3, 0.4) is 0 Å². The van der Waals surface area contributed by atoms with Crippen molar-refractivity contribution in [3.05, 3.63) is 81.8 Å². The van der Waals surface area contributed by atoms with Gasteiger partial charge in [-0.2, -0.15) is 0 Å². The van der Waals surface area contributed by atoms with E-state index in [9.17, 15) is 22.4 Å². The molecule has 0 radical (unpaired) electrons. The third-order valence-electron chi connectivity index (χ3n) is 4.19. The van der Waals surface area contributed by atoms with Gasteiger partial charge in [0.15, 0.2) is 6.61 Å². The number of halogens is 1. The third-order valence-corrected chi connectivity index (χ3v) is 6.59. The summed E-state index contributed by atoms with van der Waals surface area (Å²) in [6.07, 6.45) is 0. The number of amides is 1. The number of para-hydroxylation sites is 1. The summed E-state index contributed by atoms with van der Waals surface area (Å²) in [6, 6.07) is 12.9. The average Bonchev–Trinajstić information content (AvgIpc) is 3.24. The minimum Gasteiger partial charge on any atom is -0.452 e. The Bertz CT molecular complexity index is 1190. The summed E-state index contributed by atoms with van der Waals surface area (Å²) in [7, 11) is -4.08. The van der Waals surface area contributed by atoms with Crippen LogP contribution in [0.1, 0.15) is 20.8 Å². The van der Waals surface area contributed by atoms with Crippen LogP contribution in [-0.2, 0) is 26.1 Å². The van der Waals surface area contributed by atoms with Gasteiger partial charge in [0.2, 0.25) is 0 Å². The molecular formula is C21H19FN2O5S2. The van der Waals surface area contributed by atoms with Crippen molar-refractivity contribution < 1.29 is 27.1 Å². The van der Waals surface area contributed by atoms with Gasteiger partial charge in [-0.25, -0.2) is 17.6 Å². The molecule has 7 nitrogen and oxygen atoms in total. The quantitative estimate of drug-likeness (QED) is 0.499. The maximum absolute atomic E-state index is 13.3. The van der Waals surface area contributed by atoms with Crippen molar-refractivity contribution in [2.45, 2.75) is 18.4 Å². The van der Waals surface area contributed by atoms with Crippen LogP contribution in [0, 0.1) is 12.7 Å². The Balaban J connectivity index is 1.68. The van der Waals surface area contributed by atoms with Crippen LogP contribution in [-0.4, -0.2) is 26.9 Å².